The quantitative estimate of drug-likeness (QED) is 0.416. The van der Waals surface area contributed by atoms with Gasteiger partial charge in [0.05, 0.1) is 12.0 Å². The van der Waals surface area contributed by atoms with Crippen LogP contribution in [-0.4, -0.2) is 35.1 Å². The molecule has 1 N–H and O–H groups in total. The molecule has 4 aromatic heterocycles. The average molecular weight is 446 g/mol. The van der Waals surface area contributed by atoms with Crippen LogP contribution < -0.4 is 10.1 Å². The largest absolute Gasteiger partial charge is 0.467 e. The van der Waals surface area contributed by atoms with Crippen LogP contribution in [0, 0.1) is 0 Å². The SMILES string of the molecule is CCOC(=O)c1c(-c2cccs2)csc1NC(=O)COc1ncnc2sccc12. The number of hydrogen-bond donors (Lipinski definition) is 1. The van der Waals surface area contributed by atoms with Gasteiger partial charge >= 0.3 is 5.97 Å². The van der Waals surface area contributed by atoms with E-state index in [1.54, 1.807) is 6.92 Å². The molecule has 0 spiro atoms. The molecule has 0 radical (unpaired) electrons. The van der Waals surface area contributed by atoms with Crippen LogP contribution in [-0.2, 0) is 9.53 Å². The molecule has 148 valence electrons. The molecule has 7 nitrogen and oxygen atoms in total. The molecule has 4 rings (SSSR count). The predicted molar refractivity (Wildman–Crippen MR) is 115 cm³/mol. The summed E-state index contributed by atoms with van der Waals surface area (Å²) in [4.78, 5) is 34.9. The highest BCUT2D eigenvalue weighted by molar-refractivity contribution is 7.17. The fourth-order valence-electron chi connectivity index (χ4n) is 2.65. The Morgan fingerprint density at radius 1 is 1.14 bits per heavy atom. The van der Waals surface area contributed by atoms with E-state index in [2.05, 4.69) is 15.3 Å². The number of ether oxygens (including phenoxy) is 2. The third kappa shape index (κ3) is 4.14. The first kappa shape index (κ1) is 19.5. The van der Waals surface area contributed by atoms with Crippen molar-refractivity contribution in [3.05, 3.63) is 46.2 Å². The van der Waals surface area contributed by atoms with Crippen molar-refractivity contribution in [2.45, 2.75) is 6.92 Å². The van der Waals surface area contributed by atoms with Gasteiger partial charge in [0, 0.05) is 15.8 Å². The van der Waals surface area contributed by atoms with E-state index in [-0.39, 0.29) is 13.2 Å². The Morgan fingerprint density at radius 3 is 2.83 bits per heavy atom. The molecule has 0 aromatic carbocycles. The summed E-state index contributed by atoms with van der Waals surface area (Å²) in [5, 5.41) is 9.61. The zero-order chi connectivity index (χ0) is 20.2. The van der Waals surface area contributed by atoms with Gasteiger partial charge in [-0.1, -0.05) is 6.07 Å². The third-order valence-electron chi connectivity index (χ3n) is 3.88. The van der Waals surface area contributed by atoms with E-state index in [9.17, 15) is 9.59 Å². The Labute approximate surface area is 178 Å². The van der Waals surface area contributed by atoms with Crippen LogP contribution in [0.3, 0.4) is 0 Å². The van der Waals surface area contributed by atoms with Crippen molar-refractivity contribution < 1.29 is 19.1 Å². The molecule has 0 aliphatic rings. The monoisotopic (exact) mass is 445 g/mol. The molecular weight excluding hydrogens is 430 g/mol. The van der Waals surface area contributed by atoms with E-state index < -0.39 is 11.9 Å². The highest BCUT2D eigenvalue weighted by atomic mass is 32.1. The van der Waals surface area contributed by atoms with Gasteiger partial charge in [-0.2, -0.15) is 0 Å². The number of fused-ring (bicyclic) bond motifs is 1. The molecule has 1 amide bonds. The van der Waals surface area contributed by atoms with Gasteiger partial charge in [0.15, 0.2) is 6.61 Å². The molecule has 0 saturated heterocycles. The third-order valence-corrected chi connectivity index (χ3v) is 6.49. The molecule has 0 aliphatic heterocycles. The van der Waals surface area contributed by atoms with E-state index in [4.69, 9.17) is 9.47 Å². The second-order valence-corrected chi connectivity index (χ2v) is 8.43. The van der Waals surface area contributed by atoms with Gasteiger partial charge < -0.3 is 14.8 Å². The van der Waals surface area contributed by atoms with Crippen molar-refractivity contribution in [3.8, 4) is 16.3 Å². The van der Waals surface area contributed by atoms with Crippen LogP contribution in [0.15, 0.2) is 40.7 Å². The van der Waals surface area contributed by atoms with Gasteiger partial charge in [0.2, 0.25) is 5.88 Å². The summed E-state index contributed by atoms with van der Waals surface area (Å²) in [7, 11) is 0. The molecule has 0 saturated carbocycles. The standard InChI is InChI=1S/C19H15N3O4S3/c1-2-25-19(24)15-12(13-4-3-6-27-13)9-29-18(15)22-14(23)8-26-16-11-5-7-28-17(11)21-10-20-16/h3-7,9-10H,2,8H2,1H3,(H,22,23). The maximum absolute atomic E-state index is 12.5. The number of carbonyl (C=O) groups excluding carboxylic acids is 2. The minimum absolute atomic E-state index is 0.240. The lowest BCUT2D eigenvalue weighted by Gasteiger charge is -2.09. The number of nitrogens with one attached hydrogen (secondary N) is 1. The maximum Gasteiger partial charge on any atom is 0.341 e. The summed E-state index contributed by atoms with van der Waals surface area (Å²) in [6, 6.07) is 5.68. The van der Waals surface area contributed by atoms with Crippen LogP contribution in [0.2, 0.25) is 0 Å². The van der Waals surface area contributed by atoms with Crippen molar-refractivity contribution in [2.75, 3.05) is 18.5 Å². The number of amides is 1. The zero-order valence-corrected chi connectivity index (χ0v) is 17.7. The van der Waals surface area contributed by atoms with E-state index in [1.165, 1.54) is 40.3 Å². The van der Waals surface area contributed by atoms with Gasteiger partial charge in [-0.3, -0.25) is 4.79 Å². The topological polar surface area (TPSA) is 90.4 Å². The highest BCUT2D eigenvalue weighted by Gasteiger charge is 2.23. The first-order valence-electron chi connectivity index (χ1n) is 8.60. The number of hydrogen-bond acceptors (Lipinski definition) is 9. The summed E-state index contributed by atoms with van der Waals surface area (Å²) < 4.78 is 10.8. The smallest absolute Gasteiger partial charge is 0.341 e. The van der Waals surface area contributed by atoms with E-state index in [0.29, 0.717) is 16.4 Å². The lowest BCUT2D eigenvalue weighted by Crippen LogP contribution is -2.21. The van der Waals surface area contributed by atoms with Crippen LogP contribution in [0.1, 0.15) is 17.3 Å². The first-order valence-corrected chi connectivity index (χ1v) is 11.2. The predicted octanol–water partition coefficient (Wildman–Crippen LogP) is 4.68. The average Bonchev–Trinajstić information content (AvgIpc) is 3.46. The molecule has 0 atom stereocenters. The van der Waals surface area contributed by atoms with Crippen molar-refractivity contribution in [3.63, 3.8) is 0 Å². The number of anilines is 1. The normalized spacial score (nSPS) is 10.8. The van der Waals surface area contributed by atoms with Crippen molar-refractivity contribution in [1.82, 2.24) is 9.97 Å². The molecule has 0 fully saturated rings. The Hall–Kier alpha value is -2.82. The Bertz CT molecular complexity index is 1150. The van der Waals surface area contributed by atoms with E-state index >= 15 is 0 Å². The maximum atomic E-state index is 12.5. The Morgan fingerprint density at radius 2 is 2.03 bits per heavy atom. The fraction of sp³-hybridized carbons (Fsp3) is 0.158. The minimum Gasteiger partial charge on any atom is -0.467 e. The van der Waals surface area contributed by atoms with Crippen molar-refractivity contribution in [2.24, 2.45) is 0 Å². The van der Waals surface area contributed by atoms with Gasteiger partial charge in [-0.15, -0.1) is 34.0 Å². The molecule has 10 heteroatoms. The molecule has 0 bridgehead atoms. The number of nitrogens with zero attached hydrogens (tertiary/aromatic N) is 2. The van der Waals surface area contributed by atoms with Gasteiger partial charge in [-0.25, -0.2) is 14.8 Å². The highest BCUT2D eigenvalue weighted by Crippen LogP contribution is 2.38. The van der Waals surface area contributed by atoms with Crippen molar-refractivity contribution in [1.29, 1.82) is 0 Å². The second-order valence-electron chi connectivity index (χ2n) is 5.71. The van der Waals surface area contributed by atoms with Crippen LogP contribution in [0.5, 0.6) is 5.88 Å². The number of thiophene rings is 3. The fourth-order valence-corrected chi connectivity index (χ4v) is 5.16. The molecule has 29 heavy (non-hydrogen) atoms. The summed E-state index contributed by atoms with van der Waals surface area (Å²) in [6.07, 6.45) is 1.40. The van der Waals surface area contributed by atoms with E-state index in [1.807, 2.05) is 34.3 Å². The Balaban J connectivity index is 1.52. The lowest BCUT2D eigenvalue weighted by atomic mass is 10.1. The molecule has 4 heterocycles. The summed E-state index contributed by atoms with van der Waals surface area (Å²) in [6.45, 7) is 1.75. The zero-order valence-electron chi connectivity index (χ0n) is 15.2. The Kier molecular flexibility index (Phi) is 5.84. The van der Waals surface area contributed by atoms with Crippen LogP contribution >= 0.6 is 34.0 Å². The van der Waals surface area contributed by atoms with Crippen molar-refractivity contribution >= 4 is 61.1 Å². The van der Waals surface area contributed by atoms with Crippen LogP contribution in [0.25, 0.3) is 20.7 Å². The summed E-state index contributed by atoms with van der Waals surface area (Å²) >= 11 is 4.26. The lowest BCUT2D eigenvalue weighted by molar-refractivity contribution is -0.118. The number of carbonyl (C=O) groups is 2. The van der Waals surface area contributed by atoms with Gasteiger partial charge in [0.25, 0.3) is 5.91 Å². The molecule has 0 aliphatic carbocycles. The second kappa shape index (κ2) is 8.68. The molecule has 4 aromatic rings. The van der Waals surface area contributed by atoms with E-state index in [0.717, 1.165) is 20.7 Å². The molecular formula is C19H15N3O4S3. The molecule has 0 unspecified atom stereocenters. The van der Waals surface area contributed by atoms with Crippen LogP contribution in [0.4, 0.5) is 5.00 Å². The first-order chi connectivity index (χ1) is 14.2. The van der Waals surface area contributed by atoms with Gasteiger partial charge in [0.1, 0.15) is 21.7 Å². The number of aromatic nitrogens is 2. The van der Waals surface area contributed by atoms with Gasteiger partial charge in [-0.05, 0) is 29.8 Å². The summed E-state index contributed by atoms with van der Waals surface area (Å²) in [5.41, 5.74) is 1.10. The summed E-state index contributed by atoms with van der Waals surface area (Å²) in [5.74, 6) is -0.510. The number of esters is 1. The minimum atomic E-state index is -0.468. The number of rotatable bonds is 7.